The summed E-state index contributed by atoms with van der Waals surface area (Å²) in [5, 5.41) is 10.9. The molecule has 1 aromatic heterocycles. The van der Waals surface area contributed by atoms with E-state index >= 15 is 0 Å². The van der Waals surface area contributed by atoms with Crippen LogP contribution < -0.4 is 0 Å². The molecule has 2 nitrogen and oxygen atoms in total. The number of nitrogens with zero attached hydrogens (tertiary/aromatic N) is 1. The Labute approximate surface area is 114 Å². The third kappa shape index (κ3) is 2.34. The quantitative estimate of drug-likeness (QED) is 0.770. The van der Waals surface area contributed by atoms with Crippen LogP contribution in [0.4, 0.5) is 0 Å². The zero-order valence-corrected chi connectivity index (χ0v) is 11.1. The summed E-state index contributed by atoms with van der Waals surface area (Å²) in [4.78, 5) is 3.99. The minimum atomic E-state index is 0.113. The molecule has 0 bridgehead atoms. The first-order valence-corrected chi connectivity index (χ1v) is 5.93. The molecule has 2 aromatic rings. The van der Waals surface area contributed by atoms with Gasteiger partial charge in [0.1, 0.15) is 5.75 Å². The lowest BCUT2D eigenvalue weighted by molar-refractivity contribution is 0.470. The zero-order valence-electron chi connectivity index (χ0n) is 8.84. The second kappa shape index (κ2) is 4.73. The van der Waals surface area contributed by atoms with Crippen molar-refractivity contribution in [3.63, 3.8) is 0 Å². The van der Waals surface area contributed by atoms with Crippen molar-refractivity contribution < 1.29 is 5.11 Å². The predicted molar refractivity (Wildman–Crippen MR) is 71.1 cm³/mol. The van der Waals surface area contributed by atoms with Crippen molar-refractivity contribution in [1.82, 2.24) is 4.98 Å². The summed E-state index contributed by atoms with van der Waals surface area (Å²) in [7, 11) is 0. The molecule has 5 heteroatoms. The topological polar surface area (TPSA) is 33.1 Å². The standard InChI is InChI=1S/C12H8Cl3NO/c1-6-12(17)8(2-3-16-6)7-4-9(13)11(15)10(14)5-7/h2-5,17H,1H3. The molecule has 0 fully saturated rings. The average molecular weight is 289 g/mol. The number of hydrogen-bond donors (Lipinski definition) is 1. The highest BCUT2D eigenvalue weighted by molar-refractivity contribution is 6.48. The lowest BCUT2D eigenvalue weighted by Crippen LogP contribution is -1.86. The van der Waals surface area contributed by atoms with Crippen LogP contribution in [0.2, 0.25) is 15.1 Å². The summed E-state index contributed by atoms with van der Waals surface area (Å²) in [6.07, 6.45) is 1.61. The molecule has 0 radical (unpaired) electrons. The van der Waals surface area contributed by atoms with Gasteiger partial charge >= 0.3 is 0 Å². The summed E-state index contributed by atoms with van der Waals surface area (Å²) in [6, 6.07) is 5.01. The van der Waals surface area contributed by atoms with Crippen LogP contribution in [0.3, 0.4) is 0 Å². The molecule has 0 aliphatic carbocycles. The number of aryl methyl sites for hydroxylation is 1. The molecule has 0 atom stereocenters. The van der Waals surface area contributed by atoms with Crippen LogP contribution in [0.5, 0.6) is 5.75 Å². The normalized spacial score (nSPS) is 10.6. The van der Waals surface area contributed by atoms with E-state index < -0.39 is 0 Å². The second-order valence-corrected chi connectivity index (χ2v) is 4.74. The summed E-state index contributed by atoms with van der Waals surface area (Å²) in [5.41, 5.74) is 1.87. The van der Waals surface area contributed by atoms with Gasteiger partial charge in [-0.25, -0.2) is 0 Å². The first kappa shape index (κ1) is 12.5. The van der Waals surface area contributed by atoms with Crippen molar-refractivity contribution in [3.05, 3.63) is 45.2 Å². The van der Waals surface area contributed by atoms with E-state index in [1.807, 2.05) is 0 Å². The van der Waals surface area contributed by atoms with Gasteiger partial charge in [-0.3, -0.25) is 4.98 Å². The number of halogens is 3. The SMILES string of the molecule is Cc1nccc(-c2cc(Cl)c(Cl)c(Cl)c2)c1O. The summed E-state index contributed by atoms with van der Waals surface area (Å²) in [6.45, 7) is 1.72. The first-order valence-electron chi connectivity index (χ1n) is 4.80. The molecule has 0 aliphatic rings. The smallest absolute Gasteiger partial charge is 0.144 e. The van der Waals surface area contributed by atoms with E-state index in [0.717, 1.165) is 0 Å². The zero-order chi connectivity index (χ0) is 12.6. The minimum Gasteiger partial charge on any atom is -0.505 e. The minimum absolute atomic E-state index is 0.113. The van der Waals surface area contributed by atoms with Crippen molar-refractivity contribution in [1.29, 1.82) is 0 Å². The molecular weight excluding hydrogens is 280 g/mol. The van der Waals surface area contributed by atoms with E-state index in [1.54, 1.807) is 31.3 Å². The molecule has 2 rings (SSSR count). The molecule has 1 heterocycles. The average Bonchev–Trinajstić information content (AvgIpc) is 2.29. The molecule has 0 aliphatic heterocycles. The Balaban J connectivity index is 2.65. The number of rotatable bonds is 1. The predicted octanol–water partition coefficient (Wildman–Crippen LogP) is 4.72. The van der Waals surface area contributed by atoms with E-state index in [9.17, 15) is 5.11 Å². The van der Waals surface area contributed by atoms with Crippen molar-refractivity contribution in [2.75, 3.05) is 0 Å². The third-order valence-corrected chi connectivity index (χ3v) is 3.60. The maximum atomic E-state index is 9.92. The molecule has 88 valence electrons. The molecule has 0 saturated carbocycles. The molecule has 17 heavy (non-hydrogen) atoms. The maximum Gasteiger partial charge on any atom is 0.144 e. The fourth-order valence-corrected chi connectivity index (χ4v) is 2.10. The van der Waals surface area contributed by atoms with Gasteiger partial charge in [0.15, 0.2) is 0 Å². The summed E-state index contributed by atoms with van der Waals surface area (Å²) >= 11 is 17.8. The van der Waals surface area contributed by atoms with Crippen LogP contribution in [0.15, 0.2) is 24.4 Å². The number of hydrogen-bond acceptors (Lipinski definition) is 2. The van der Waals surface area contributed by atoms with E-state index in [4.69, 9.17) is 34.8 Å². The van der Waals surface area contributed by atoms with Gasteiger partial charge in [0.25, 0.3) is 0 Å². The lowest BCUT2D eigenvalue weighted by atomic mass is 10.1. The van der Waals surface area contributed by atoms with Crippen molar-refractivity contribution in [3.8, 4) is 16.9 Å². The van der Waals surface area contributed by atoms with Crippen LogP contribution in [-0.2, 0) is 0 Å². The Kier molecular flexibility index (Phi) is 3.48. The summed E-state index contributed by atoms with van der Waals surface area (Å²) in [5.74, 6) is 0.113. The van der Waals surface area contributed by atoms with E-state index in [2.05, 4.69) is 4.98 Å². The molecule has 0 spiro atoms. The molecule has 0 unspecified atom stereocenters. The Morgan fingerprint density at radius 3 is 2.29 bits per heavy atom. The van der Waals surface area contributed by atoms with Crippen LogP contribution in [-0.4, -0.2) is 10.1 Å². The molecule has 1 N–H and O–H groups in total. The van der Waals surface area contributed by atoms with E-state index in [0.29, 0.717) is 31.9 Å². The van der Waals surface area contributed by atoms with Gasteiger partial charge in [-0.15, -0.1) is 0 Å². The Morgan fingerprint density at radius 1 is 1.12 bits per heavy atom. The van der Waals surface area contributed by atoms with Gasteiger partial charge in [-0.05, 0) is 30.7 Å². The third-order valence-electron chi connectivity index (χ3n) is 2.40. The van der Waals surface area contributed by atoms with Gasteiger partial charge in [-0.2, -0.15) is 0 Å². The molecule has 0 amide bonds. The molecule has 1 aromatic carbocycles. The van der Waals surface area contributed by atoms with Crippen LogP contribution >= 0.6 is 34.8 Å². The number of aromatic nitrogens is 1. The molecule has 0 saturated heterocycles. The van der Waals surface area contributed by atoms with E-state index in [-0.39, 0.29) is 5.75 Å². The van der Waals surface area contributed by atoms with Gasteiger partial charge < -0.3 is 5.11 Å². The highest BCUT2D eigenvalue weighted by atomic mass is 35.5. The fourth-order valence-electron chi connectivity index (χ4n) is 1.50. The van der Waals surface area contributed by atoms with Gasteiger partial charge in [-0.1, -0.05) is 34.8 Å². The van der Waals surface area contributed by atoms with Crippen LogP contribution in [0, 0.1) is 6.92 Å². The van der Waals surface area contributed by atoms with Crippen molar-refractivity contribution in [2.45, 2.75) is 6.92 Å². The maximum absolute atomic E-state index is 9.92. The number of aromatic hydroxyl groups is 1. The summed E-state index contributed by atoms with van der Waals surface area (Å²) < 4.78 is 0. The van der Waals surface area contributed by atoms with Crippen LogP contribution in [0.1, 0.15) is 5.69 Å². The monoisotopic (exact) mass is 287 g/mol. The first-order chi connectivity index (χ1) is 8.00. The number of pyridine rings is 1. The Bertz CT molecular complexity index is 561. The van der Waals surface area contributed by atoms with E-state index in [1.165, 1.54) is 0 Å². The lowest BCUT2D eigenvalue weighted by Gasteiger charge is -2.08. The second-order valence-electron chi connectivity index (χ2n) is 3.55. The van der Waals surface area contributed by atoms with Gasteiger partial charge in [0, 0.05) is 11.8 Å². The van der Waals surface area contributed by atoms with Crippen molar-refractivity contribution >= 4 is 34.8 Å². The Hall–Kier alpha value is -0.960. The highest BCUT2D eigenvalue weighted by Crippen LogP contribution is 2.38. The van der Waals surface area contributed by atoms with Crippen molar-refractivity contribution in [2.24, 2.45) is 0 Å². The largest absolute Gasteiger partial charge is 0.505 e. The highest BCUT2D eigenvalue weighted by Gasteiger charge is 2.11. The fraction of sp³-hybridized carbons (Fsp3) is 0.0833. The van der Waals surface area contributed by atoms with Crippen LogP contribution in [0.25, 0.3) is 11.1 Å². The van der Waals surface area contributed by atoms with Gasteiger partial charge in [0.05, 0.1) is 20.8 Å². The Morgan fingerprint density at radius 2 is 1.71 bits per heavy atom. The number of benzene rings is 1. The molecular formula is C12H8Cl3NO. The van der Waals surface area contributed by atoms with Gasteiger partial charge in [0.2, 0.25) is 0 Å².